The molecule has 168 valence electrons. The molecule has 1 saturated heterocycles. The van der Waals surface area contributed by atoms with E-state index in [4.69, 9.17) is 13.9 Å². The van der Waals surface area contributed by atoms with Gasteiger partial charge in [0.15, 0.2) is 0 Å². The van der Waals surface area contributed by atoms with Gasteiger partial charge in [-0.1, -0.05) is 30.3 Å². The van der Waals surface area contributed by atoms with E-state index in [1.807, 2.05) is 49.4 Å². The molecule has 7 nitrogen and oxygen atoms in total. The number of nitrogens with one attached hydrogen (secondary N) is 1. The highest BCUT2D eigenvalue weighted by atomic mass is 16.5. The smallest absolute Gasteiger partial charge is 0.324 e. The summed E-state index contributed by atoms with van der Waals surface area (Å²) < 4.78 is 16.6. The topological polar surface area (TPSA) is 76.8 Å². The molecular weight excluding hydrogens is 406 g/mol. The Labute approximate surface area is 188 Å². The maximum absolute atomic E-state index is 11.8. The first-order valence-corrected chi connectivity index (χ1v) is 10.9. The van der Waals surface area contributed by atoms with Crippen molar-refractivity contribution in [2.24, 2.45) is 0 Å². The predicted octanol–water partition coefficient (Wildman–Crippen LogP) is 3.22. The van der Waals surface area contributed by atoms with Crippen LogP contribution in [0.1, 0.15) is 17.0 Å². The fourth-order valence-electron chi connectivity index (χ4n) is 3.83. The Morgan fingerprint density at radius 3 is 2.72 bits per heavy atom. The van der Waals surface area contributed by atoms with Gasteiger partial charge in [0, 0.05) is 38.2 Å². The summed E-state index contributed by atoms with van der Waals surface area (Å²) in [5, 5.41) is 3.20. The molecule has 1 aliphatic heterocycles. The molecule has 0 bridgehead atoms. The molecule has 1 atom stereocenters. The van der Waals surface area contributed by atoms with Crippen molar-refractivity contribution in [2.75, 3.05) is 33.4 Å². The first kappa shape index (κ1) is 22.0. The highest BCUT2D eigenvalue weighted by molar-refractivity contribution is 5.76. The summed E-state index contributed by atoms with van der Waals surface area (Å²) in [6.07, 6.45) is 0.680. The van der Waals surface area contributed by atoms with E-state index in [-0.39, 0.29) is 12.0 Å². The number of methoxy groups -OCH3 is 1. The zero-order valence-corrected chi connectivity index (χ0v) is 18.5. The lowest BCUT2D eigenvalue weighted by molar-refractivity contribution is -0.144. The molecule has 0 radical (unpaired) electrons. The average molecular weight is 436 g/mol. The molecular formula is C25H29N3O4. The minimum atomic E-state index is -0.265. The van der Waals surface area contributed by atoms with Crippen LogP contribution in [0.4, 0.5) is 0 Å². The van der Waals surface area contributed by atoms with Crippen LogP contribution in [-0.4, -0.2) is 55.2 Å². The van der Waals surface area contributed by atoms with E-state index in [9.17, 15) is 4.79 Å². The van der Waals surface area contributed by atoms with Gasteiger partial charge in [-0.3, -0.25) is 9.69 Å². The summed E-state index contributed by atoms with van der Waals surface area (Å²) in [5.74, 6) is 2.08. The van der Waals surface area contributed by atoms with Crippen LogP contribution in [-0.2, 0) is 22.5 Å². The van der Waals surface area contributed by atoms with Gasteiger partial charge in [0.1, 0.15) is 17.6 Å². The quantitative estimate of drug-likeness (QED) is 0.545. The lowest BCUT2D eigenvalue weighted by Gasteiger charge is -2.32. The molecule has 0 amide bonds. The number of aryl methyl sites for hydroxylation is 1. The number of hydrogen-bond acceptors (Lipinski definition) is 7. The number of oxazole rings is 1. The number of carbonyl (C=O) groups is 1. The van der Waals surface area contributed by atoms with Crippen LogP contribution >= 0.6 is 0 Å². The molecule has 32 heavy (non-hydrogen) atoms. The number of esters is 1. The summed E-state index contributed by atoms with van der Waals surface area (Å²) in [6.45, 7) is 5.56. The molecule has 0 saturated carbocycles. The number of rotatable bonds is 8. The van der Waals surface area contributed by atoms with Crippen LogP contribution in [0.25, 0.3) is 11.5 Å². The Morgan fingerprint density at radius 1 is 1.19 bits per heavy atom. The SMILES string of the molecule is COC(=O)C1CN(Cc2ccc(OCCc3nc(-c4ccccc4)oc3C)cc2)CCN1. The summed E-state index contributed by atoms with van der Waals surface area (Å²) >= 11 is 0. The van der Waals surface area contributed by atoms with Crippen LogP contribution in [0.5, 0.6) is 5.75 Å². The van der Waals surface area contributed by atoms with Crippen molar-refractivity contribution in [3.8, 4) is 17.2 Å². The number of carbonyl (C=O) groups excluding carboxylic acids is 1. The number of hydrogen-bond donors (Lipinski definition) is 1. The standard InChI is InChI=1S/C25H29N3O4/c1-18-22(27-24(32-18)20-6-4-3-5-7-20)12-15-31-21-10-8-19(9-11-21)16-28-14-13-26-23(17-28)25(29)30-2/h3-11,23,26H,12-17H2,1-2H3. The molecule has 0 aliphatic carbocycles. The third-order valence-corrected chi connectivity index (χ3v) is 5.60. The van der Waals surface area contributed by atoms with Crippen LogP contribution < -0.4 is 10.1 Å². The Hall–Kier alpha value is -3.16. The van der Waals surface area contributed by atoms with E-state index in [0.717, 1.165) is 42.4 Å². The molecule has 7 heteroatoms. The van der Waals surface area contributed by atoms with E-state index in [0.29, 0.717) is 25.5 Å². The minimum Gasteiger partial charge on any atom is -0.493 e. The number of aromatic nitrogens is 1. The molecule has 1 N–H and O–H groups in total. The second-order valence-corrected chi connectivity index (χ2v) is 7.90. The molecule has 1 aliphatic rings. The predicted molar refractivity (Wildman–Crippen MR) is 121 cm³/mol. The highest BCUT2D eigenvalue weighted by Gasteiger charge is 2.25. The van der Waals surface area contributed by atoms with Gasteiger partial charge in [-0.15, -0.1) is 0 Å². The summed E-state index contributed by atoms with van der Waals surface area (Å²) in [6, 6.07) is 17.7. The molecule has 1 unspecified atom stereocenters. The molecule has 2 aromatic carbocycles. The third-order valence-electron chi connectivity index (χ3n) is 5.60. The van der Waals surface area contributed by atoms with Crippen molar-refractivity contribution in [1.29, 1.82) is 0 Å². The molecule has 1 aromatic heterocycles. The van der Waals surface area contributed by atoms with Gasteiger partial charge in [-0.25, -0.2) is 4.98 Å². The van der Waals surface area contributed by atoms with Crippen LogP contribution in [0.15, 0.2) is 59.0 Å². The molecule has 1 fully saturated rings. The second kappa shape index (κ2) is 10.4. The monoisotopic (exact) mass is 435 g/mol. The zero-order chi connectivity index (χ0) is 22.3. The molecule has 3 aromatic rings. The van der Waals surface area contributed by atoms with Crippen LogP contribution in [0, 0.1) is 6.92 Å². The van der Waals surface area contributed by atoms with Crippen molar-refractivity contribution >= 4 is 5.97 Å². The van der Waals surface area contributed by atoms with Crippen molar-refractivity contribution in [3.63, 3.8) is 0 Å². The second-order valence-electron chi connectivity index (χ2n) is 7.90. The van der Waals surface area contributed by atoms with Gasteiger partial charge >= 0.3 is 5.97 Å². The van der Waals surface area contributed by atoms with Gasteiger partial charge in [0.2, 0.25) is 5.89 Å². The van der Waals surface area contributed by atoms with Crippen molar-refractivity contribution in [1.82, 2.24) is 15.2 Å². The lowest BCUT2D eigenvalue weighted by atomic mass is 10.1. The third kappa shape index (κ3) is 5.55. The van der Waals surface area contributed by atoms with E-state index < -0.39 is 0 Å². The normalized spacial score (nSPS) is 16.6. The van der Waals surface area contributed by atoms with E-state index in [1.54, 1.807) is 0 Å². The maximum atomic E-state index is 11.8. The summed E-state index contributed by atoms with van der Waals surface area (Å²) in [7, 11) is 1.42. The highest BCUT2D eigenvalue weighted by Crippen LogP contribution is 2.22. The average Bonchev–Trinajstić information content (AvgIpc) is 3.21. The van der Waals surface area contributed by atoms with Gasteiger partial charge in [0.25, 0.3) is 0 Å². The Kier molecular flexibility index (Phi) is 7.19. The van der Waals surface area contributed by atoms with Gasteiger partial charge < -0.3 is 19.2 Å². The Balaban J connectivity index is 1.27. The molecule has 4 rings (SSSR count). The first-order chi connectivity index (χ1) is 15.6. The minimum absolute atomic E-state index is 0.211. The fourth-order valence-corrected chi connectivity index (χ4v) is 3.83. The van der Waals surface area contributed by atoms with Gasteiger partial charge in [-0.05, 0) is 36.8 Å². The summed E-state index contributed by atoms with van der Waals surface area (Å²) in [5.41, 5.74) is 3.07. The van der Waals surface area contributed by atoms with Gasteiger partial charge in [0.05, 0.1) is 19.4 Å². The van der Waals surface area contributed by atoms with E-state index in [2.05, 4.69) is 27.3 Å². The zero-order valence-electron chi connectivity index (χ0n) is 18.5. The fraction of sp³-hybridized carbons (Fsp3) is 0.360. The molecule has 2 heterocycles. The van der Waals surface area contributed by atoms with E-state index in [1.165, 1.54) is 12.7 Å². The van der Waals surface area contributed by atoms with Crippen LogP contribution in [0.3, 0.4) is 0 Å². The van der Waals surface area contributed by atoms with E-state index >= 15 is 0 Å². The number of nitrogens with zero attached hydrogens (tertiary/aromatic N) is 2. The maximum Gasteiger partial charge on any atom is 0.324 e. The van der Waals surface area contributed by atoms with Gasteiger partial charge in [-0.2, -0.15) is 0 Å². The summed E-state index contributed by atoms with van der Waals surface area (Å²) in [4.78, 5) is 18.6. The lowest BCUT2D eigenvalue weighted by Crippen LogP contribution is -2.54. The number of ether oxygens (including phenoxy) is 2. The Bertz CT molecular complexity index is 1020. The largest absolute Gasteiger partial charge is 0.493 e. The molecule has 0 spiro atoms. The Morgan fingerprint density at radius 2 is 1.97 bits per heavy atom. The van der Waals surface area contributed by atoms with Crippen molar-refractivity contribution in [2.45, 2.75) is 25.9 Å². The number of benzene rings is 2. The van der Waals surface area contributed by atoms with Crippen molar-refractivity contribution in [3.05, 3.63) is 71.6 Å². The van der Waals surface area contributed by atoms with Crippen LogP contribution in [0.2, 0.25) is 0 Å². The number of piperazine rings is 1. The first-order valence-electron chi connectivity index (χ1n) is 10.9. The van der Waals surface area contributed by atoms with Crippen molar-refractivity contribution < 1.29 is 18.7 Å².